The van der Waals surface area contributed by atoms with E-state index in [4.69, 9.17) is 4.74 Å². The van der Waals surface area contributed by atoms with Crippen molar-refractivity contribution in [3.05, 3.63) is 0 Å². The minimum Gasteiger partial charge on any atom is -0.393 e. The highest BCUT2D eigenvalue weighted by Gasteiger charge is 2.35. The molecule has 0 spiro atoms. The molecule has 0 aromatic rings. The van der Waals surface area contributed by atoms with E-state index in [2.05, 4.69) is 6.92 Å². The first-order chi connectivity index (χ1) is 4.74. The Labute approximate surface area is 62.2 Å². The van der Waals surface area contributed by atoms with Crippen molar-refractivity contribution in [1.29, 1.82) is 0 Å². The Morgan fingerprint density at radius 3 is 2.60 bits per heavy atom. The first kappa shape index (κ1) is 8.02. The van der Waals surface area contributed by atoms with Crippen LogP contribution in [0.15, 0.2) is 0 Å². The Morgan fingerprint density at radius 2 is 2.20 bits per heavy atom. The average molecular weight is 144 g/mol. The Hall–Kier alpha value is -0.0800. The molecule has 1 aliphatic heterocycles. The van der Waals surface area contributed by atoms with Gasteiger partial charge in [0.25, 0.3) is 0 Å². The summed E-state index contributed by atoms with van der Waals surface area (Å²) in [6.45, 7) is 4.13. The topological polar surface area (TPSA) is 32.8 Å². The molecular formula is C8H16O2. The van der Waals surface area contributed by atoms with Gasteiger partial charge in [0.2, 0.25) is 0 Å². The molecule has 1 N–H and O–H groups in total. The normalized spacial score (nSPS) is 33.9. The SMILES string of the molecule is CCC[C@@H](O)C[C@H]1O[C@H]1C. The van der Waals surface area contributed by atoms with Gasteiger partial charge in [0.05, 0.1) is 18.3 Å². The first-order valence-corrected chi connectivity index (χ1v) is 4.07. The summed E-state index contributed by atoms with van der Waals surface area (Å²) < 4.78 is 5.17. The molecule has 0 amide bonds. The Kier molecular flexibility index (Phi) is 2.69. The fraction of sp³-hybridized carbons (Fsp3) is 1.00. The van der Waals surface area contributed by atoms with Crippen LogP contribution in [-0.4, -0.2) is 23.4 Å². The molecule has 1 rings (SSSR count). The molecule has 60 valence electrons. The van der Waals surface area contributed by atoms with Gasteiger partial charge in [0, 0.05) is 6.42 Å². The summed E-state index contributed by atoms with van der Waals surface area (Å²) >= 11 is 0. The summed E-state index contributed by atoms with van der Waals surface area (Å²) in [5.74, 6) is 0. The standard InChI is InChI=1S/C8H16O2/c1-3-4-7(9)5-8-6(2)10-8/h6-9H,3-5H2,1-2H3/t6-,7+,8+/m0/s1. The molecule has 2 heteroatoms. The molecule has 0 aromatic carbocycles. The van der Waals surface area contributed by atoms with Crippen LogP contribution < -0.4 is 0 Å². The van der Waals surface area contributed by atoms with E-state index in [1.165, 1.54) is 0 Å². The molecule has 3 atom stereocenters. The van der Waals surface area contributed by atoms with Gasteiger partial charge in [0.15, 0.2) is 0 Å². The molecule has 1 fully saturated rings. The van der Waals surface area contributed by atoms with Crippen molar-refractivity contribution in [3.8, 4) is 0 Å². The summed E-state index contributed by atoms with van der Waals surface area (Å²) in [6.07, 6.45) is 3.40. The second-order valence-corrected chi connectivity index (χ2v) is 3.06. The highest BCUT2D eigenvalue weighted by molar-refractivity contribution is 4.82. The van der Waals surface area contributed by atoms with Gasteiger partial charge in [-0.1, -0.05) is 13.3 Å². The van der Waals surface area contributed by atoms with Gasteiger partial charge in [0.1, 0.15) is 0 Å². The highest BCUT2D eigenvalue weighted by Crippen LogP contribution is 2.26. The van der Waals surface area contributed by atoms with E-state index in [1.807, 2.05) is 6.92 Å². The van der Waals surface area contributed by atoms with Gasteiger partial charge in [-0.2, -0.15) is 0 Å². The summed E-state index contributed by atoms with van der Waals surface area (Å²) in [4.78, 5) is 0. The van der Waals surface area contributed by atoms with Crippen LogP contribution in [0.2, 0.25) is 0 Å². The zero-order valence-corrected chi connectivity index (χ0v) is 6.71. The van der Waals surface area contributed by atoms with Gasteiger partial charge in [-0.05, 0) is 13.3 Å². The smallest absolute Gasteiger partial charge is 0.0863 e. The third-order valence-electron chi connectivity index (χ3n) is 1.96. The maximum atomic E-state index is 9.30. The lowest BCUT2D eigenvalue weighted by molar-refractivity contribution is 0.142. The lowest BCUT2D eigenvalue weighted by Gasteiger charge is -2.05. The molecule has 0 radical (unpaired) electrons. The van der Waals surface area contributed by atoms with Crippen LogP contribution in [0.4, 0.5) is 0 Å². The fourth-order valence-corrected chi connectivity index (χ4v) is 1.20. The Morgan fingerprint density at radius 1 is 1.60 bits per heavy atom. The van der Waals surface area contributed by atoms with E-state index in [1.54, 1.807) is 0 Å². The van der Waals surface area contributed by atoms with E-state index in [0.29, 0.717) is 12.2 Å². The molecule has 1 aliphatic rings. The molecule has 0 aromatic heterocycles. The minimum absolute atomic E-state index is 0.139. The fourth-order valence-electron chi connectivity index (χ4n) is 1.20. The summed E-state index contributed by atoms with van der Waals surface area (Å²) in [6, 6.07) is 0. The molecule has 0 aliphatic carbocycles. The third-order valence-corrected chi connectivity index (χ3v) is 1.96. The van der Waals surface area contributed by atoms with Crippen LogP contribution in [0.5, 0.6) is 0 Å². The average Bonchev–Trinajstić information content (AvgIpc) is 2.47. The predicted octanol–water partition coefficient (Wildman–Crippen LogP) is 1.32. The molecule has 1 saturated heterocycles. The molecule has 0 saturated carbocycles. The van der Waals surface area contributed by atoms with Crippen LogP contribution >= 0.6 is 0 Å². The number of epoxide rings is 1. The summed E-state index contributed by atoms with van der Waals surface area (Å²) in [7, 11) is 0. The van der Waals surface area contributed by atoms with Crippen molar-refractivity contribution in [2.45, 2.75) is 51.4 Å². The van der Waals surface area contributed by atoms with Crippen LogP contribution in [-0.2, 0) is 4.74 Å². The van der Waals surface area contributed by atoms with Crippen molar-refractivity contribution in [1.82, 2.24) is 0 Å². The molecule has 0 unspecified atom stereocenters. The van der Waals surface area contributed by atoms with E-state index >= 15 is 0 Å². The second kappa shape index (κ2) is 3.35. The molecular weight excluding hydrogens is 128 g/mol. The van der Waals surface area contributed by atoms with Crippen LogP contribution in [0, 0.1) is 0 Å². The summed E-state index contributed by atoms with van der Waals surface area (Å²) in [5.41, 5.74) is 0. The minimum atomic E-state index is -0.139. The zero-order valence-electron chi connectivity index (χ0n) is 6.71. The zero-order chi connectivity index (χ0) is 7.56. The second-order valence-electron chi connectivity index (χ2n) is 3.06. The molecule has 0 bridgehead atoms. The van der Waals surface area contributed by atoms with E-state index in [-0.39, 0.29) is 6.10 Å². The van der Waals surface area contributed by atoms with Crippen molar-refractivity contribution < 1.29 is 9.84 Å². The Bertz CT molecular complexity index is 103. The number of aliphatic hydroxyl groups excluding tert-OH is 1. The van der Waals surface area contributed by atoms with Crippen LogP contribution in [0.25, 0.3) is 0 Å². The lowest BCUT2D eigenvalue weighted by atomic mass is 10.1. The molecule has 2 nitrogen and oxygen atoms in total. The van der Waals surface area contributed by atoms with E-state index in [9.17, 15) is 5.11 Å². The van der Waals surface area contributed by atoms with Crippen molar-refractivity contribution in [3.63, 3.8) is 0 Å². The quantitative estimate of drug-likeness (QED) is 0.604. The van der Waals surface area contributed by atoms with Crippen molar-refractivity contribution in [2.75, 3.05) is 0 Å². The maximum absolute atomic E-state index is 9.30. The number of hydrogen-bond donors (Lipinski definition) is 1. The van der Waals surface area contributed by atoms with Gasteiger partial charge in [-0.25, -0.2) is 0 Å². The van der Waals surface area contributed by atoms with Crippen molar-refractivity contribution >= 4 is 0 Å². The van der Waals surface area contributed by atoms with Gasteiger partial charge >= 0.3 is 0 Å². The van der Waals surface area contributed by atoms with Crippen molar-refractivity contribution in [2.24, 2.45) is 0 Å². The van der Waals surface area contributed by atoms with Crippen LogP contribution in [0.3, 0.4) is 0 Å². The summed E-state index contributed by atoms with van der Waals surface area (Å²) in [5, 5.41) is 9.30. The van der Waals surface area contributed by atoms with Crippen LogP contribution in [0.1, 0.15) is 33.1 Å². The van der Waals surface area contributed by atoms with Gasteiger partial charge in [-0.3, -0.25) is 0 Å². The van der Waals surface area contributed by atoms with E-state index < -0.39 is 0 Å². The number of aliphatic hydroxyl groups is 1. The van der Waals surface area contributed by atoms with Gasteiger partial charge in [-0.15, -0.1) is 0 Å². The largest absolute Gasteiger partial charge is 0.393 e. The van der Waals surface area contributed by atoms with Gasteiger partial charge < -0.3 is 9.84 Å². The monoisotopic (exact) mass is 144 g/mol. The highest BCUT2D eigenvalue weighted by atomic mass is 16.6. The number of rotatable bonds is 4. The molecule has 10 heavy (non-hydrogen) atoms. The first-order valence-electron chi connectivity index (χ1n) is 4.07. The lowest BCUT2D eigenvalue weighted by Crippen LogP contribution is -2.09. The predicted molar refractivity (Wildman–Crippen MR) is 39.9 cm³/mol. The maximum Gasteiger partial charge on any atom is 0.0863 e. The van der Waals surface area contributed by atoms with E-state index in [0.717, 1.165) is 19.3 Å². The number of hydrogen-bond acceptors (Lipinski definition) is 2. The third kappa shape index (κ3) is 2.27. The number of ether oxygens (including phenoxy) is 1. The Balaban J connectivity index is 2.01. The molecule has 1 heterocycles.